The molecule has 1 aliphatic carbocycles. The predicted octanol–water partition coefficient (Wildman–Crippen LogP) is 1.66. The lowest BCUT2D eigenvalue weighted by Gasteiger charge is -2.36. The van der Waals surface area contributed by atoms with Crippen molar-refractivity contribution < 1.29 is 14.6 Å². The summed E-state index contributed by atoms with van der Waals surface area (Å²) in [5, 5.41) is 12.7. The number of amides is 1. The summed E-state index contributed by atoms with van der Waals surface area (Å²) in [7, 11) is 1.63. The molecule has 0 heterocycles. The van der Waals surface area contributed by atoms with E-state index in [2.05, 4.69) is 5.32 Å². The number of ether oxygens (including phenoxy) is 1. The van der Waals surface area contributed by atoms with E-state index in [-0.39, 0.29) is 5.91 Å². The van der Waals surface area contributed by atoms with Gasteiger partial charge in [0.25, 0.3) is 0 Å². The molecule has 0 unspecified atom stereocenters. The van der Waals surface area contributed by atoms with E-state index in [1.54, 1.807) is 7.11 Å². The topological polar surface area (TPSA) is 58.6 Å². The van der Waals surface area contributed by atoms with Crippen LogP contribution in [0.2, 0.25) is 0 Å². The highest BCUT2D eigenvalue weighted by Crippen LogP contribution is 2.30. The molecule has 4 heteroatoms. The normalized spacial score (nSPS) is 16.5. The molecule has 4 nitrogen and oxygen atoms in total. The lowest BCUT2D eigenvalue weighted by atomic mass is 9.80. The van der Waals surface area contributed by atoms with E-state index in [4.69, 9.17) is 4.74 Å². The van der Waals surface area contributed by atoms with Gasteiger partial charge in [0.15, 0.2) is 0 Å². The lowest BCUT2D eigenvalue weighted by Crippen LogP contribution is -2.47. The number of aryl methyl sites for hydroxylation is 1. The van der Waals surface area contributed by atoms with Crippen LogP contribution in [-0.2, 0) is 11.2 Å². The molecule has 1 aromatic carbocycles. The molecule has 0 saturated heterocycles. The summed E-state index contributed by atoms with van der Waals surface area (Å²) in [6, 6.07) is 7.72. The van der Waals surface area contributed by atoms with Gasteiger partial charge in [-0.1, -0.05) is 12.1 Å². The first kappa shape index (κ1) is 13.9. The van der Waals surface area contributed by atoms with E-state index < -0.39 is 5.60 Å². The van der Waals surface area contributed by atoms with Gasteiger partial charge in [-0.3, -0.25) is 4.79 Å². The zero-order valence-corrected chi connectivity index (χ0v) is 11.3. The molecule has 19 heavy (non-hydrogen) atoms. The highest BCUT2D eigenvalue weighted by Gasteiger charge is 2.34. The quantitative estimate of drug-likeness (QED) is 0.820. The zero-order chi connectivity index (χ0) is 13.7. The fraction of sp³-hybridized carbons (Fsp3) is 0.533. The second-order valence-electron chi connectivity index (χ2n) is 5.21. The molecule has 1 aliphatic rings. The summed E-state index contributed by atoms with van der Waals surface area (Å²) in [6.07, 6.45) is 3.76. The Bertz CT molecular complexity index is 441. The minimum atomic E-state index is -0.647. The third-order valence-electron chi connectivity index (χ3n) is 3.67. The van der Waals surface area contributed by atoms with E-state index in [1.807, 2.05) is 24.3 Å². The van der Waals surface area contributed by atoms with Crippen molar-refractivity contribution in [2.45, 2.75) is 37.7 Å². The third-order valence-corrected chi connectivity index (χ3v) is 3.67. The minimum absolute atomic E-state index is 0.0110. The Morgan fingerprint density at radius 1 is 1.47 bits per heavy atom. The Kier molecular flexibility index (Phi) is 4.43. The molecule has 1 aromatic rings. The molecule has 2 rings (SSSR count). The molecule has 0 bridgehead atoms. The van der Waals surface area contributed by atoms with Gasteiger partial charge in [-0.15, -0.1) is 0 Å². The maximum absolute atomic E-state index is 11.7. The van der Waals surface area contributed by atoms with E-state index in [9.17, 15) is 9.90 Å². The summed E-state index contributed by atoms with van der Waals surface area (Å²) < 4.78 is 5.14. The van der Waals surface area contributed by atoms with Gasteiger partial charge in [0.1, 0.15) is 5.75 Å². The Labute approximate surface area is 113 Å². The fourth-order valence-corrected chi connectivity index (χ4v) is 2.20. The van der Waals surface area contributed by atoms with Crippen LogP contribution >= 0.6 is 0 Å². The number of nitrogens with one attached hydrogen (secondary N) is 1. The van der Waals surface area contributed by atoms with Gasteiger partial charge >= 0.3 is 0 Å². The van der Waals surface area contributed by atoms with E-state index in [1.165, 1.54) is 0 Å². The second-order valence-corrected chi connectivity index (χ2v) is 5.21. The molecule has 1 amide bonds. The Morgan fingerprint density at radius 2 is 2.26 bits per heavy atom. The van der Waals surface area contributed by atoms with Crippen LogP contribution in [0.1, 0.15) is 31.2 Å². The molecule has 0 atom stereocenters. The van der Waals surface area contributed by atoms with Crippen LogP contribution in [0.15, 0.2) is 24.3 Å². The molecule has 1 saturated carbocycles. The highest BCUT2D eigenvalue weighted by atomic mass is 16.5. The van der Waals surface area contributed by atoms with Crippen LogP contribution in [-0.4, -0.2) is 30.3 Å². The number of benzene rings is 1. The van der Waals surface area contributed by atoms with Crippen molar-refractivity contribution in [2.24, 2.45) is 0 Å². The first-order chi connectivity index (χ1) is 9.11. The maximum Gasteiger partial charge on any atom is 0.220 e. The van der Waals surface area contributed by atoms with E-state index in [0.29, 0.717) is 19.4 Å². The standard InChI is InChI=1S/C15H21NO3/c1-19-13-5-2-4-12(10-13)6-7-14(17)16-11-15(18)8-3-9-15/h2,4-5,10,18H,3,6-9,11H2,1H3,(H,16,17). The average molecular weight is 263 g/mol. The molecule has 0 spiro atoms. The summed E-state index contributed by atoms with van der Waals surface area (Å²) in [4.78, 5) is 11.7. The van der Waals surface area contributed by atoms with Crippen LogP contribution in [0, 0.1) is 0 Å². The third kappa shape index (κ3) is 3.96. The van der Waals surface area contributed by atoms with Crippen LogP contribution in [0.5, 0.6) is 5.75 Å². The summed E-state index contributed by atoms with van der Waals surface area (Å²) in [5.74, 6) is 0.796. The lowest BCUT2D eigenvalue weighted by molar-refractivity contribution is -0.123. The predicted molar refractivity (Wildman–Crippen MR) is 73.1 cm³/mol. The van der Waals surface area contributed by atoms with Gasteiger partial charge in [0.05, 0.1) is 12.7 Å². The largest absolute Gasteiger partial charge is 0.497 e. The molecular formula is C15H21NO3. The summed E-state index contributed by atoms with van der Waals surface area (Å²) in [6.45, 7) is 0.379. The van der Waals surface area contributed by atoms with Crippen LogP contribution < -0.4 is 10.1 Å². The molecule has 104 valence electrons. The molecule has 0 aliphatic heterocycles. The molecule has 0 aromatic heterocycles. The van der Waals surface area contributed by atoms with Gasteiger partial charge in [0.2, 0.25) is 5.91 Å². The minimum Gasteiger partial charge on any atom is -0.497 e. The Hall–Kier alpha value is -1.55. The average Bonchev–Trinajstić information content (AvgIpc) is 2.41. The van der Waals surface area contributed by atoms with E-state index >= 15 is 0 Å². The number of carbonyl (C=O) groups excluding carboxylic acids is 1. The van der Waals surface area contributed by atoms with Crippen molar-refractivity contribution in [3.05, 3.63) is 29.8 Å². The first-order valence-electron chi connectivity index (χ1n) is 6.73. The highest BCUT2D eigenvalue weighted by molar-refractivity contribution is 5.76. The monoisotopic (exact) mass is 263 g/mol. The van der Waals surface area contributed by atoms with Crippen molar-refractivity contribution in [2.75, 3.05) is 13.7 Å². The number of hydrogen-bond donors (Lipinski definition) is 2. The first-order valence-corrected chi connectivity index (χ1v) is 6.73. The van der Waals surface area contributed by atoms with E-state index in [0.717, 1.165) is 30.6 Å². The number of hydrogen-bond acceptors (Lipinski definition) is 3. The van der Waals surface area contributed by atoms with Crippen LogP contribution in [0.25, 0.3) is 0 Å². The van der Waals surface area contributed by atoms with Crippen LogP contribution in [0.3, 0.4) is 0 Å². The zero-order valence-electron chi connectivity index (χ0n) is 11.3. The molecule has 0 radical (unpaired) electrons. The van der Waals surface area contributed by atoms with Crippen molar-refractivity contribution in [3.63, 3.8) is 0 Å². The number of aliphatic hydroxyl groups is 1. The maximum atomic E-state index is 11.7. The van der Waals surface area contributed by atoms with Crippen molar-refractivity contribution in [1.29, 1.82) is 0 Å². The van der Waals surface area contributed by atoms with Gasteiger partial charge < -0.3 is 15.2 Å². The number of methoxy groups -OCH3 is 1. The SMILES string of the molecule is COc1cccc(CCC(=O)NCC2(O)CCC2)c1. The second kappa shape index (κ2) is 6.06. The Morgan fingerprint density at radius 3 is 2.89 bits per heavy atom. The fourth-order valence-electron chi connectivity index (χ4n) is 2.20. The van der Waals surface area contributed by atoms with Gasteiger partial charge in [-0.25, -0.2) is 0 Å². The molecule has 1 fully saturated rings. The van der Waals surface area contributed by atoms with Gasteiger partial charge in [-0.05, 0) is 43.4 Å². The van der Waals surface area contributed by atoms with Crippen LogP contribution in [0.4, 0.5) is 0 Å². The smallest absolute Gasteiger partial charge is 0.220 e. The van der Waals surface area contributed by atoms with Gasteiger partial charge in [0, 0.05) is 13.0 Å². The molecule has 2 N–H and O–H groups in total. The van der Waals surface area contributed by atoms with Crippen molar-refractivity contribution in [1.82, 2.24) is 5.32 Å². The molecular weight excluding hydrogens is 242 g/mol. The van der Waals surface area contributed by atoms with Gasteiger partial charge in [-0.2, -0.15) is 0 Å². The number of rotatable bonds is 6. The Balaban J connectivity index is 1.73. The van der Waals surface area contributed by atoms with Crippen molar-refractivity contribution in [3.8, 4) is 5.75 Å². The summed E-state index contributed by atoms with van der Waals surface area (Å²) in [5.41, 5.74) is 0.433. The summed E-state index contributed by atoms with van der Waals surface area (Å²) >= 11 is 0. The van der Waals surface area contributed by atoms with Crippen molar-refractivity contribution >= 4 is 5.91 Å². The number of carbonyl (C=O) groups is 1.